The van der Waals surface area contributed by atoms with E-state index in [4.69, 9.17) is 16.3 Å². The minimum atomic E-state index is -0.0336. The highest BCUT2D eigenvalue weighted by Crippen LogP contribution is 2.29. The van der Waals surface area contributed by atoms with Crippen molar-refractivity contribution in [2.24, 2.45) is 0 Å². The van der Waals surface area contributed by atoms with Crippen LogP contribution in [0.4, 0.5) is 5.69 Å². The fourth-order valence-corrected chi connectivity index (χ4v) is 1.84. The van der Waals surface area contributed by atoms with Gasteiger partial charge in [-0.3, -0.25) is 4.79 Å². The maximum Gasteiger partial charge on any atom is 0.253 e. The molecule has 1 fully saturated rings. The van der Waals surface area contributed by atoms with Gasteiger partial charge in [0.25, 0.3) is 5.91 Å². The summed E-state index contributed by atoms with van der Waals surface area (Å²) in [5, 5.41) is 0.646. The topological polar surface area (TPSA) is 29.5 Å². The molecule has 15 heavy (non-hydrogen) atoms. The van der Waals surface area contributed by atoms with Crippen LogP contribution in [0.25, 0.3) is 0 Å². The van der Waals surface area contributed by atoms with Gasteiger partial charge in [0.2, 0.25) is 0 Å². The van der Waals surface area contributed by atoms with Crippen LogP contribution in [0, 0.1) is 6.92 Å². The van der Waals surface area contributed by atoms with E-state index < -0.39 is 0 Å². The molecule has 1 heterocycles. The summed E-state index contributed by atoms with van der Waals surface area (Å²) in [5.74, 6) is -0.0336. The third-order valence-electron chi connectivity index (χ3n) is 2.45. The van der Waals surface area contributed by atoms with E-state index in [9.17, 15) is 4.79 Å². The number of benzene rings is 1. The Balaban J connectivity index is 2.35. The van der Waals surface area contributed by atoms with Crippen molar-refractivity contribution in [1.82, 2.24) is 0 Å². The Morgan fingerprint density at radius 3 is 3.00 bits per heavy atom. The average Bonchev–Trinajstić information content (AvgIpc) is 2.23. The van der Waals surface area contributed by atoms with Crippen LogP contribution in [-0.2, 0) is 9.53 Å². The van der Waals surface area contributed by atoms with Gasteiger partial charge in [0, 0.05) is 6.54 Å². The van der Waals surface area contributed by atoms with Crippen molar-refractivity contribution in [3.63, 3.8) is 0 Å². The maximum atomic E-state index is 11.6. The Morgan fingerprint density at radius 2 is 2.27 bits per heavy atom. The van der Waals surface area contributed by atoms with E-state index in [0.29, 0.717) is 18.2 Å². The van der Waals surface area contributed by atoms with Crippen LogP contribution in [0.1, 0.15) is 5.56 Å². The number of morpholine rings is 1. The second-order valence-electron chi connectivity index (χ2n) is 3.51. The van der Waals surface area contributed by atoms with Gasteiger partial charge >= 0.3 is 0 Å². The molecule has 0 saturated carbocycles. The Kier molecular flexibility index (Phi) is 2.93. The highest BCUT2D eigenvalue weighted by molar-refractivity contribution is 6.34. The molecule has 1 saturated heterocycles. The maximum absolute atomic E-state index is 11.6. The summed E-state index contributed by atoms with van der Waals surface area (Å²) in [6, 6.07) is 5.69. The fourth-order valence-electron chi connectivity index (χ4n) is 1.61. The van der Waals surface area contributed by atoms with Gasteiger partial charge in [-0.05, 0) is 18.6 Å². The number of amides is 1. The number of nitrogens with zero attached hydrogens (tertiary/aromatic N) is 1. The van der Waals surface area contributed by atoms with E-state index in [1.165, 1.54) is 0 Å². The van der Waals surface area contributed by atoms with Crippen molar-refractivity contribution >= 4 is 23.2 Å². The van der Waals surface area contributed by atoms with Crippen LogP contribution in [0.2, 0.25) is 5.02 Å². The summed E-state index contributed by atoms with van der Waals surface area (Å²) in [6.45, 7) is 3.21. The van der Waals surface area contributed by atoms with Crippen molar-refractivity contribution in [3.8, 4) is 0 Å². The smallest absolute Gasteiger partial charge is 0.253 e. The number of ether oxygens (including phenoxy) is 1. The molecule has 0 radical (unpaired) electrons. The second-order valence-corrected chi connectivity index (χ2v) is 3.88. The summed E-state index contributed by atoms with van der Waals surface area (Å²) in [4.78, 5) is 13.3. The lowest BCUT2D eigenvalue weighted by molar-refractivity contribution is -0.125. The normalized spacial score (nSPS) is 16.9. The number of halogens is 1. The molecule has 1 aliphatic rings. The van der Waals surface area contributed by atoms with Crippen molar-refractivity contribution in [2.45, 2.75) is 6.92 Å². The van der Waals surface area contributed by atoms with Crippen molar-refractivity contribution in [3.05, 3.63) is 28.8 Å². The lowest BCUT2D eigenvalue weighted by atomic mass is 10.2. The minimum absolute atomic E-state index is 0.0336. The molecule has 0 unspecified atom stereocenters. The molecular formula is C11H12ClNO2. The Hall–Kier alpha value is -1.06. The summed E-state index contributed by atoms with van der Waals surface area (Å²) in [5.41, 5.74) is 1.76. The third-order valence-corrected chi connectivity index (χ3v) is 2.94. The van der Waals surface area contributed by atoms with Crippen LogP contribution < -0.4 is 4.90 Å². The van der Waals surface area contributed by atoms with E-state index in [1.807, 2.05) is 25.1 Å². The van der Waals surface area contributed by atoms with Crippen LogP contribution in [0.3, 0.4) is 0 Å². The number of carbonyl (C=O) groups is 1. The largest absolute Gasteiger partial charge is 0.370 e. The van der Waals surface area contributed by atoms with Gasteiger partial charge < -0.3 is 9.64 Å². The van der Waals surface area contributed by atoms with Crippen LogP contribution in [0.5, 0.6) is 0 Å². The highest BCUT2D eigenvalue weighted by Gasteiger charge is 2.22. The zero-order valence-corrected chi connectivity index (χ0v) is 9.25. The number of rotatable bonds is 1. The Bertz CT molecular complexity index is 392. The van der Waals surface area contributed by atoms with E-state index >= 15 is 0 Å². The first-order valence-electron chi connectivity index (χ1n) is 4.83. The summed E-state index contributed by atoms with van der Waals surface area (Å²) in [7, 11) is 0. The van der Waals surface area contributed by atoms with Crippen LogP contribution >= 0.6 is 11.6 Å². The molecular weight excluding hydrogens is 214 g/mol. The predicted molar refractivity (Wildman–Crippen MR) is 59.4 cm³/mol. The van der Waals surface area contributed by atoms with Gasteiger partial charge in [0.15, 0.2) is 0 Å². The molecule has 0 bridgehead atoms. The first-order valence-corrected chi connectivity index (χ1v) is 5.21. The summed E-state index contributed by atoms with van der Waals surface area (Å²) >= 11 is 6.16. The van der Waals surface area contributed by atoms with Gasteiger partial charge in [0.1, 0.15) is 6.61 Å². The number of aryl methyl sites for hydroxylation is 1. The van der Waals surface area contributed by atoms with Gasteiger partial charge in [-0.15, -0.1) is 0 Å². The lowest BCUT2D eigenvalue weighted by Crippen LogP contribution is -2.41. The van der Waals surface area contributed by atoms with E-state index in [-0.39, 0.29) is 12.5 Å². The number of hydrogen-bond donors (Lipinski definition) is 0. The zero-order chi connectivity index (χ0) is 10.8. The predicted octanol–water partition coefficient (Wildman–Crippen LogP) is 2.01. The van der Waals surface area contributed by atoms with Crippen LogP contribution in [0.15, 0.2) is 18.2 Å². The summed E-state index contributed by atoms with van der Waals surface area (Å²) in [6.07, 6.45) is 0. The number of hydrogen-bond acceptors (Lipinski definition) is 2. The van der Waals surface area contributed by atoms with Gasteiger partial charge in [0.05, 0.1) is 17.3 Å². The average molecular weight is 226 g/mol. The highest BCUT2D eigenvalue weighted by atomic mass is 35.5. The zero-order valence-electron chi connectivity index (χ0n) is 8.50. The third kappa shape index (κ3) is 1.98. The lowest BCUT2D eigenvalue weighted by Gasteiger charge is -2.27. The molecule has 1 amide bonds. The quantitative estimate of drug-likeness (QED) is 0.732. The van der Waals surface area contributed by atoms with Gasteiger partial charge in [-0.25, -0.2) is 0 Å². The molecule has 0 aliphatic carbocycles. The summed E-state index contributed by atoms with van der Waals surface area (Å²) < 4.78 is 5.07. The molecule has 0 atom stereocenters. The monoisotopic (exact) mass is 225 g/mol. The molecule has 80 valence electrons. The van der Waals surface area contributed by atoms with Crippen molar-refractivity contribution in [2.75, 3.05) is 24.7 Å². The minimum Gasteiger partial charge on any atom is -0.370 e. The molecule has 2 rings (SSSR count). The first kappa shape index (κ1) is 10.5. The molecule has 3 nitrogen and oxygen atoms in total. The van der Waals surface area contributed by atoms with Crippen molar-refractivity contribution in [1.29, 1.82) is 0 Å². The number of carbonyl (C=O) groups excluding carboxylic acids is 1. The Labute approximate surface area is 93.6 Å². The molecule has 0 spiro atoms. The molecule has 1 aromatic rings. The van der Waals surface area contributed by atoms with E-state index in [2.05, 4.69) is 0 Å². The Morgan fingerprint density at radius 1 is 1.47 bits per heavy atom. The van der Waals surface area contributed by atoms with Gasteiger partial charge in [-0.2, -0.15) is 0 Å². The van der Waals surface area contributed by atoms with Crippen molar-refractivity contribution < 1.29 is 9.53 Å². The van der Waals surface area contributed by atoms with Crippen LogP contribution in [-0.4, -0.2) is 25.7 Å². The molecule has 1 aromatic carbocycles. The van der Waals surface area contributed by atoms with E-state index in [0.717, 1.165) is 11.3 Å². The molecule has 0 N–H and O–H groups in total. The molecule has 0 aromatic heterocycles. The first-order chi connectivity index (χ1) is 7.20. The second kappa shape index (κ2) is 4.21. The SMILES string of the molecule is Cc1cccc(N2CCOCC2=O)c1Cl. The standard InChI is InChI=1S/C11H12ClNO2/c1-8-3-2-4-9(11(8)12)13-5-6-15-7-10(13)14/h2-4H,5-7H2,1H3. The molecule has 4 heteroatoms. The van der Waals surface area contributed by atoms with E-state index in [1.54, 1.807) is 4.90 Å². The number of anilines is 1. The van der Waals surface area contributed by atoms with Gasteiger partial charge in [-0.1, -0.05) is 23.7 Å². The fraction of sp³-hybridized carbons (Fsp3) is 0.364. The molecule has 1 aliphatic heterocycles.